The molecule has 1 unspecified atom stereocenters. The Morgan fingerprint density at radius 1 is 1.12 bits per heavy atom. The molecule has 0 aromatic heterocycles. The summed E-state index contributed by atoms with van der Waals surface area (Å²) in [7, 11) is 0. The molecule has 0 aliphatic carbocycles. The molecule has 0 aromatic carbocycles. The molecule has 16 heavy (non-hydrogen) atoms. The normalized spacial score (nSPS) is 20.3. The average molecular weight is 219 g/mol. The highest BCUT2D eigenvalue weighted by Gasteiger charge is 2.30. The molecule has 3 nitrogen and oxygen atoms in total. The van der Waals surface area contributed by atoms with E-state index in [1.165, 1.54) is 17.1 Å². The van der Waals surface area contributed by atoms with Crippen molar-refractivity contribution in [2.45, 2.75) is 26.8 Å². The van der Waals surface area contributed by atoms with Gasteiger partial charge in [-0.05, 0) is 19.8 Å². The fourth-order valence-electron chi connectivity index (χ4n) is 1.56. The number of hydrogen-bond acceptors (Lipinski definition) is 2. The molecule has 0 bridgehead atoms. The zero-order chi connectivity index (χ0) is 12.1. The lowest BCUT2D eigenvalue weighted by molar-refractivity contribution is -0.139. The van der Waals surface area contributed by atoms with Gasteiger partial charge in [-0.2, -0.15) is 0 Å². The lowest BCUT2D eigenvalue weighted by Crippen LogP contribution is -2.41. The van der Waals surface area contributed by atoms with Crippen LogP contribution in [-0.4, -0.2) is 22.8 Å². The zero-order valence-corrected chi connectivity index (χ0v) is 9.88. The van der Waals surface area contributed by atoms with E-state index < -0.39 is 0 Å². The van der Waals surface area contributed by atoms with Crippen molar-refractivity contribution < 1.29 is 9.59 Å². The van der Waals surface area contributed by atoms with Crippen molar-refractivity contribution in [2.75, 3.05) is 0 Å². The van der Waals surface area contributed by atoms with E-state index in [9.17, 15) is 9.59 Å². The number of imide groups is 1. The fraction of sp³-hybridized carbons (Fsp3) is 0.385. The van der Waals surface area contributed by atoms with Gasteiger partial charge in [0.05, 0.1) is 0 Å². The molecule has 1 rings (SSSR count). The number of amides is 2. The predicted octanol–water partition coefficient (Wildman–Crippen LogP) is 2.07. The summed E-state index contributed by atoms with van der Waals surface area (Å²) in [5.41, 5.74) is 0. The molecule has 0 N–H and O–H groups in total. The lowest BCUT2D eigenvalue weighted by Gasteiger charge is -2.26. The van der Waals surface area contributed by atoms with Crippen LogP contribution in [0.1, 0.15) is 20.8 Å². The minimum atomic E-state index is -0.219. The van der Waals surface area contributed by atoms with Crippen LogP contribution in [0.15, 0.2) is 36.5 Å². The zero-order valence-electron chi connectivity index (χ0n) is 9.88. The Kier molecular flexibility index (Phi) is 4.23. The topological polar surface area (TPSA) is 37.4 Å². The van der Waals surface area contributed by atoms with Gasteiger partial charge in [-0.3, -0.25) is 14.5 Å². The molecule has 0 fully saturated rings. The fourth-order valence-corrected chi connectivity index (χ4v) is 1.56. The van der Waals surface area contributed by atoms with E-state index in [2.05, 4.69) is 0 Å². The van der Waals surface area contributed by atoms with Gasteiger partial charge in [0.1, 0.15) is 0 Å². The Balaban J connectivity index is 2.67. The first kappa shape index (κ1) is 12.4. The molecule has 0 aromatic rings. The number of allylic oxidation sites excluding steroid dienone is 3. The third-order valence-corrected chi connectivity index (χ3v) is 2.73. The Morgan fingerprint density at radius 2 is 1.69 bits per heavy atom. The van der Waals surface area contributed by atoms with Gasteiger partial charge in [0, 0.05) is 18.2 Å². The number of carbonyl (C=O) groups is 2. The van der Waals surface area contributed by atoms with E-state index in [1.807, 2.05) is 45.1 Å². The second-order valence-electron chi connectivity index (χ2n) is 3.89. The Hall–Kier alpha value is -1.64. The Morgan fingerprint density at radius 3 is 2.19 bits per heavy atom. The maximum Gasteiger partial charge on any atom is 0.253 e. The van der Waals surface area contributed by atoms with E-state index in [-0.39, 0.29) is 23.8 Å². The molecule has 3 heteroatoms. The van der Waals surface area contributed by atoms with Crippen molar-refractivity contribution in [3.8, 4) is 0 Å². The maximum absolute atomic E-state index is 11.4. The van der Waals surface area contributed by atoms with Gasteiger partial charge in [0.25, 0.3) is 11.8 Å². The van der Waals surface area contributed by atoms with Gasteiger partial charge in [0.15, 0.2) is 0 Å². The Bertz CT molecular complexity index is 348. The first-order valence-corrected chi connectivity index (χ1v) is 5.42. The third-order valence-electron chi connectivity index (χ3n) is 2.73. The van der Waals surface area contributed by atoms with Crippen LogP contribution >= 0.6 is 0 Å². The molecule has 1 heterocycles. The third kappa shape index (κ3) is 2.69. The van der Waals surface area contributed by atoms with E-state index in [1.54, 1.807) is 0 Å². The summed E-state index contributed by atoms with van der Waals surface area (Å²) in [6, 6.07) is -0.114. The van der Waals surface area contributed by atoms with Crippen molar-refractivity contribution in [1.29, 1.82) is 0 Å². The smallest absolute Gasteiger partial charge is 0.253 e. The average Bonchev–Trinajstić information content (AvgIpc) is 2.58. The van der Waals surface area contributed by atoms with Crippen molar-refractivity contribution in [3.63, 3.8) is 0 Å². The molecule has 0 saturated carbocycles. The summed E-state index contributed by atoms with van der Waals surface area (Å²) >= 11 is 0. The molecule has 1 aliphatic rings. The van der Waals surface area contributed by atoms with E-state index >= 15 is 0 Å². The van der Waals surface area contributed by atoms with E-state index in [4.69, 9.17) is 0 Å². The summed E-state index contributed by atoms with van der Waals surface area (Å²) < 4.78 is 0. The molecule has 0 spiro atoms. The van der Waals surface area contributed by atoms with Gasteiger partial charge in [0.2, 0.25) is 0 Å². The van der Waals surface area contributed by atoms with E-state index in [0.29, 0.717) is 0 Å². The van der Waals surface area contributed by atoms with Crippen molar-refractivity contribution in [3.05, 3.63) is 36.5 Å². The molecule has 86 valence electrons. The van der Waals surface area contributed by atoms with Gasteiger partial charge >= 0.3 is 0 Å². The summed E-state index contributed by atoms with van der Waals surface area (Å²) in [6.07, 6.45) is 10.4. The molecule has 0 saturated heterocycles. The molecule has 2 amide bonds. The van der Waals surface area contributed by atoms with Crippen LogP contribution < -0.4 is 0 Å². The molecular formula is C13H17NO2. The number of nitrogens with zero attached hydrogens (tertiary/aromatic N) is 1. The first-order chi connectivity index (χ1) is 7.57. The molecule has 1 aliphatic heterocycles. The predicted molar refractivity (Wildman–Crippen MR) is 63.6 cm³/mol. The van der Waals surface area contributed by atoms with E-state index in [0.717, 1.165) is 0 Å². The quantitative estimate of drug-likeness (QED) is 0.536. The standard InChI is InChI=1S/C13H17NO2/c1-4-5-6-7-10(2)11(3)14-12(15)8-9-13(14)16/h4-11H,1-3H3/b5-4-,7-6-/t10?,11-/m0/s1. The van der Waals surface area contributed by atoms with Crippen LogP contribution in [0.3, 0.4) is 0 Å². The Labute approximate surface area is 96.1 Å². The minimum absolute atomic E-state index is 0.114. The highest BCUT2D eigenvalue weighted by Crippen LogP contribution is 2.17. The van der Waals surface area contributed by atoms with Gasteiger partial charge in [-0.15, -0.1) is 0 Å². The highest BCUT2D eigenvalue weighted by molar-refractivity contribution is 6.13. The summed E-state index contributed by atoms with van der Waals surface area (Å²) in [4.78, 5) is 24.2. The first-order valence-electron chi connectivity index (χ1n) is 5.42. The molecular weight excluding hydrogens is 202 g/mol. The highest BCUT2D eigenvalue weighted by atomic mass is 16.2. The summed E-state index contributed by atoms with van der Waals surface area (Å²) in [5, 5.41) is 0. The molecule has 0 radical (unpaired) electrons. The van der Waals surface area contributed by atoms with Gasteiger partial charge in [-0.25, -0.2) is 0 Å². The monoisotopic (exact) mass is 219 g/mol. The van der Waals surface area contributed by atoms with Gasteiger partial charge in [-0.1, -0.05) is 31.2 Å². The summed E-state index contributed by atoms with van der Waals surface area (Å²) in [6.45, 7) is 5.81. The maximum atomic E-state index is 11.4. The van der Waals surface area contributed by atoms with Crippen molar-refractivity contribution in [2.24, 2.45) is 5.92 Å². The number of hydrogen-bond donors (Lipinski definition) is 0. The number of carbonyl (C=O) groups excluding carboxylic acids is 2. The van der Waals surface area contributed by atoms with Crippen molar-refractivity contribution >= 4 is 11.8 Å². The van der Waals surface area contributed by atoms with Crippen LogP contribution in [0.4, 0.5) is 0 Å². The van der Waals surface area contributed by atoms with Crippen LogP contribution in [0.25, 0.3) is 0 Å². The minimum Gasteiger partial charge on any atom is -0.272 e. The van der Waals surface area contributed by atoms with Crippen LogP contribution in [0.5, 0.6) is 0 Å². The van der Waals surface area contributed by atoms with Gasteiger partial charge < -0.3 is 0 Å². The molecule has 2 atom stereocenters. The largest absolute Gasteiger partial charge is 0.272 e. The second kappa shape index (κ2) is 5.45. The van der Waals surface area contributed by atoms with Crippen LogP contribution in [0, 0.1) is 5.92 Å². The number of rotatable bonds is 4. The SMILES string of the molecule is C/C=C\C=C/C(C)[C@H](C)N1C(=O)C=CC1=O. The van der Waals surface area contributed by atoms with Crippen molar-refractivity contribution in [1.82, 2.24) is 4.90 Å². The van der Waals surface area contributed by atoms with Crippen LogP contribution in [-0.2, 0) is 9.59 Å². The lowest BCUT2D eigenvalue weighted by atomic mass is 10.0. The second-order valence-corrected chi connectivity index (χ2v) is 3.89. The van der Waals surface area contributed by atoms with Crippen LogP contribution in [0.2, 0.25) is 0 Å². The summed E-state index contributed by atoms with van der Waals surface area (Å²) in [5.74, 6) is -0.295.